The Balaban J connectivity index is 1.92. The number of carbonyl (C=O) groups excluding carboxylic acids is 1. The Hall–Kier alpha value is -0.870. The molecule has 3 nitrogen and oxygen atoms in total. The lowest BCUT2D eigenvalue weighted by atomic mass is 9.89. The van der Waals surface area contributed by atoms with Crippen molar-refractivity contribution in [3.8, 4) is 0 Å². The van der Waals surface area contributed by atoms with Gasteiger partial charge in [0.05, 0.1) is 11.7 Å². The Morgan fingerprint density at radius 2 is 2.12 bits per heavy atom. The molecule has 0 atom stereocenters. The number of methoxy groups -OCH3 is 1. The second-order valence-electron chi connectivity index (χ2n) is 3.98. The van der Waals surface area contributed by atoms with Crippen molar-refractivity contribution in [1.82, 2.24) is 5.32 Å². The van der Waals surface area contributed by atoms with Crippen molar-refractivity contribution in [3.05, 3.63) is 34.3 Å². The number of benzene rings is 1. The molecule has 4 heteroatoms. The van der Waals surface area contributed by atoms with E-state index in [0.717, 1.165) is 17.3 Å². The van der Waals surface area contributed by atoms with E-state index in [1.807, 2.05) is 24.3 Å². The van der Waals surface area contributed by atoms with Gasteiger partial charge in [-0.15, -0.1) is 0 Å². The molecule has 1 fully saturated rings. The van der Waals surface area contributed by atoms with Crippen LogP contribution in [0.1, 0.15) is 23.2 Å². The summed E-state index contributed by atoms with van der Waals surface area (Å²) in [5.41, 5.74) is 0.684. The van der Waals surface area contributed by atoms with Gasteiger partial charge in [0.25, 0.3) is 5.91 Å². The standard InChI is InChI=1S/C12H14BrNO2/c1-16-9-6-8(7-9)14-12(15)10-4-2-3-5-11(10)13/h2-5,8-9H,6-7H2,1H3,(H,14,15). The van der Waals surface area contributed by atoms with Gasteiger partial charge < -0.3 is 10.1 Å². The topological polar surface area (TPSA) is 38.3 Å². The first-order valence-corrected chi connectivity index (χ1v) is 6.08. The Kier molecular flexibility index (Phi) is 3.61. The van der Waals surface area contributed by atoms with Gasteiger partial charge in [-0.2, -0.15) is 0 Å². The van der Waals surface area contributed by atoms with Crippen LogP contribution >= 0.6 is 15.9 Å². The third-order valence-electron chi connectivity index (χ3n) is 2.88. The van der Waals surface area contributed by atoms with Crippen molar-refractivity contribution >= 4 is 21.8 Å². The third kappa shape index (κ3) is 2.44. The summed E-state index contributed by atoms with van der Waals surface area (Å²) in [5.74, 6) is -0.0213. The van der Waals surface area contributed by atoms with Crippen LogP contribution in [0.25, 0.3) is 0 Å². The fourth-order valence-corrected chi connectivity index (χ4v) is 2.25. The van der Waals surface area contributed by atoms with Crippen LogP contribution in [0.3, 0.4) is 0 Å². The molecule has 16 heavy (non-hydrogen) atoms. The van der Waals surface area contributed by atoms with E-state index in [-0.39, 0.29) is 11.9 Å². The summed E-state index contributed by atoms with van der Waals surface area (Å²) in [4.78, 5) is 11.9. The second kappa shape index (κ2) is 4.97. The number of hydrogen-bond donors (Lipinski definition) is 1. The monoisotopic (exact) mass is 283 g/mol. The van der Waals surface area contributed by atoms with Gasteiger partial charge >= 0.3 is 0 Å². The van der Waals surface area contributed by atoms with Crippen LogP contribution in [0.5, 0.6) is 0 Å². The van der Waals surface area contributed by atoms with Crippen molar-refractivity contribution in [3.63, 3.8) is 0 Å². The number of ether oxygens (including phenoxy) is 1. The van der Waals surface area contributed by atoms with Gasteiger partial charge in [-0.25, -0.2) is 0 Å². The molecule has 0 bridgehead atoms. The van der Waals surface area contributed by atoms with E-state index in [9.17, 15) is 4.79 Å². The van der Waals surface area contributed by atoms with E-state index < -0.39 is 0 Å². The average Bonchev–Trinajstić information content (AvgIpc) is 2.23. The summed E-state index contributed by atoms with van der Waals surface area (Å²) in [5, 5.41) is 2.99. The molecule has 0 radical (unpaired) electrons. The molecule has 2 rings (SSSR count). The van der Waals surface area contributed by atoms with Crippen LogP contribution in [-0.4, -0.2) is 25.2 Å². The van der Waals surface area contributed by atoms with Crippen molar-refractivity contribution < 1.29 is 9.53 Å². The van der Waals surface area contributed by atoms with Gasteiger partial charge in [0.2, 0.25) is 0 Å². The molecular formula is C12H14BrNO2. The van der Waals surface area contributed by atoms with Gasteiger partial charge in [-0.1, -0.05) is 12.1 Å². The fraction of sp³-hybridized carbons (Fsp3) is 0.417. The molecule has 1 saturated carbocycles. The Morgan fingerprint density at radius 3 is 2.75 bits per heavy atom. The number of halogens is 1. The summed E-state index contributed by atoms with van der Waals surface area (Å²) >= 11 is 3.37. The molecule has 1 amide bonds. The van der Waals surface area contributed by atoms with Gasteiger partial charge in [-0.3, -0.25) is 4.79 Å². The van der Waals surface area contributed by atoms with Crippen LogP contribution < -0.4 is 5.32 Å². The molecule has 0 aromatic heterocycles. The lowest BCUT2D eigenvalue weighted by molar-refractivity contribution is 0.0176. The van der Waals surface area contributed by atoms with E-state index in [1.54, 1.807) is 7.11 Å². The van der Waals surface area contributed by atoms with E-state index >= 15 is 0 Å². The van der Waals surface area contributed by atoms with Gasteiger partial charge in [0, 0.05) is 17.6 Å². The maximum Gasteiger partial charge on any atom is 0.252 e. The number of nitrogens with one attached hydrogen (secondary N) is 1. The maximum absolute atomic E-state index is 11.9. The van der Waals surface area contributed by atoms with Crippen LogP contribution in [0.2, 0.25) is 0 Å². The third-order valence-corrected chi connectivity index (χ3v) is 3.57. The van der Waals surface area contributed by atoms with Crippen LogP contribution in [0.4, 0.5) is 0 Å². The van der Waals surface area contributed by atoms with Gasteiger partial charge in [0.15, 0.2) is 0 Å². The Bertz CT molecular complexity index is 388. The quantitative estimate of drug-likeness (QED) is 0.925. The first-order chi connectivity index (χ1) is 7.70. The summed E-state index contributed by atoms with van der Waals surface area (Å²) in [7, 11) is 1.70. The van der Waals surface area contributed by atoms with Gasteiger partial charge in [-0.05, 0) is 40.9 Å². The smallest absolute Gasteiger partial charge is 0.252 e. The first kappa shape index (κ1) is 11.6. The molecular weight excluding hydrogens is 270 g/mol. The van der Waals surface area contributed by atoms with E-state index in [2.05, 4.69) is 21.2 Å². The highest BCUT2D eigenvalue weighted by Crippen LogP contribution is 2.23. The molecule has 0 heterocycles. The lowest BCUT2D eigenvalue weighted by Crippen LogP contribution is -2.47. The van der Waals surface area contributed by atoms with Crippen molar-refractivity contribution in [1.29, 1.82) is 0 Å². The minimum absolute atomic E-state index is 0.0213. The number of rotatable bonds is 3. The summed E-state index contributed by atoms with van der Waals surface area (Å²) < 4.78 is 6.00. The molecule has 1 aromatic rings. The minimum Gasteiger partial charge on any atom is -0.381 e. The summed E-state index contributed by atoms with van der Waals surface area (Å²) in [6, 6.07) is 7.69. The number of hydrogen-bond acceptors (Lipinski definition) is 2. The fourth-order valence-electron chi connectivity index (χ4n) is 1.78. The molecule has 1 N–H and O–H groups in total. The van der Waals surface area contributed by atoms with E-state index in [4.69, 9.17) is 4.74 Å². The van der Waals surface area contributed by atoms with Crippen molar-refractivity contribution in [2.24, 2.45) is 0 Å². The van der Waals surface area contributed by atoms with E-state index in [1.165, 1.54) is 0 Å². The molecule has 0 aliphatic heterocycles. The van der Waals surface area contributed by atoms with Crippen molar-refractivity contribution in [2.45, 2.75) is 25.0 Å². The minimum atomic E-state index is -0.0213. The van der Waals surface area contributed by atoms with Crippen LogP contribution in [-0.2, 0) is 4.74 Å². The Labute approximate surface area is 103 Å². The molecule has 0 unspecified atom stereocenters. The zero-order valence-electron chi connectivity index (χ0n) is 9.07. The zero-order valence-corrected chi connectivity index (χ0v) is 10.7. The zero-order chi connectivity index (χ0) is 11.5. The highest BCUT2D eigenvalue weighted by molar-refractivity contribution is 9.10. The largest absolute Gasteiger partial charge is 0.381 e. The second-order valence-corrected chi connectivity index (χ2v) is 4.83. The SMILES string of the molecule is COC1CC(NC(=O)c2ccccc2Br)C1. The highest BCUT2D eigenvalue weighted by Gasteiger charge is 2.30. The lowest BCUT2D eigenvalue weighted by Gasteiger charge is -2.34. The predicted octanol–water partition coefficient (Wildman–Crippen LogP) is 2.36. The first-order valence-electron chi connectivity index (χ1n) is 5.29. The molecule has 1 aliphatic rings. The number of amides is 1. The molecule has 0 saturated heterocycles. The maximum atomic E-state index is 11.9. The highest BCUT2D eigenvalue weighted by atomic mass is 79.9. The predicted molar refractivity (Wildman–Crippen MR) is 65.4 cm³/mol. The van der Waals surface area contributed by atoms with E-state index in [0.29, 0.717) is 11.7 Å². The molecule has 0 spiro atoms. The van der Waals surface area contributed by atoms with Crippen molar-refractivity contribution in [2.75, 3.05) is 7.11 Å². The van der Waals surface area contributed by atoms with Gasteiger partial charge in [0.1, 0.15) is 0 Å². The normalized spacial score (nSPS) is 23.6. The average molecular weight is 284 g/mol. The Morgan fingerprint density at radius 1 is 1.44 bits per heavy atom. The molecule has 1 aromatic carbocycles. The van der Waals surface area contributed by atoms with Crippen LogP contribution in [0, 0.1) is 0 Å². The molecule has 1 aliphatic carbocycles. The van der Waals surface area contributed by atoms with Crippen LogP contribution in [0.15, 0.2) is 28.7 Å². The summed E-state index contributed by atoms with van der Waals surface area (Å²) in [6.07, 6.45) is 2.13. The molecule has 86 valence electrons. The summed E-state index contributed by atoms with van der Waals surface area (Å²) in [6.45, 7) is 0. The number of carbonyl (C=O) groups is 1.